The van der Waals surface area contributed by atoms with E-state index in [0.717, 1.165) is 12.8 Å². The summed E-state index contributed by atoms with van der Waals surface area (Å²) >= 11 is 4.27. The molecule has 1 fully saturated rings. The lowest BCUT2D eigenvalue weighted by Crippen LogP contribution is -2.55. The van der Waals surface area contributed by atoms with Crippen LogP contribution in [0.3, 0.4) is 0 Å². The van der Waals surface area contributed by atoms with Crippen molar-refractivity contribution in [2.75, 3.05) is 5.75 Å². The summed E-state index contributed by atoms with van der Waals surface area (Å²) in [6.07, 6.45) is 0.810. The summed E-state index contributed by atoms with van der Waals surface area (Å²) in [6.45, 7) is 10.6. The first-order chi connectivity index (χ1) is 14.8. The van der Waals surface area contributed by atoms with Crippen LogP contribution < -0.4 is 10.6 Å². The number of hydrogen-bond acceptors (Lipinski definition) is 6. The number of nitrogens with zero attached hydrogens (tertiary/aromatic N) is 1. The topological polar surface area (TPSA) is 108 Å². The third-order valence-electron chi connectivity index (χ3n) is 4.86. The van der Waals surface area contributed by atoms with Gasteiger partial charge in [0, 0.05) is 17.8 Å². The summed E-state index contributed by atoms with van der Waals surface area (Å²) < 4.78 is 5.29. The third kappa shape index (κ3) is 7.05. The highest BCUT2D eigenvalue weighted by molar-refractivity contribution is 7.80. The van der Waals surface area contributed by atoms with Gasteiger partial charge in [-0.05, 0) is 77.6 Å². The van der Waals surface area contributed by atoms with E-state index in [1.54, 1.807) is 44.7 Å². The van der Waals surface area contributed by atoms with Crippen molar-refractivity contribution >= 4 is 30.5 Å². The largest absolute Gasteiger partial charge is 0.508 e. The van der Waals surface area contributed by atoms with E-state index in [9.17, 15) is 19.5 Å². The minimum absolute atomic E-state index is 0.0500. The number of amides is 3. The van der Waals surface area contributed by atoms with Gasteiger partial charge < -0.3 is 25.4 Å². The van der Waals surface area contributed by atoms with E-state index in [2.05, 4.69) is 23.3 Å². The number of carbonyl (C=O) groups excluding carboxylic acids is 3. The predicted molar refractivity (Wildman–Crippen MR) is 126 cm³/mol. The quantitative estimate of drug-likeness (QED) is 0.441. The molecule has 0 heterocycles. The van der Waals surface area contributed by atoms with E-state index in [0.29, 0.717) is 11.1 Å². The van der Waals surface area contributed by atoms with Crippen LogP contribution in [0.25, 0.3) is 0 Å². The molecule has 3 N–H and O–H groups in total. The zero-order valence-corrected chi connectivity index (χ0v) is 20.5. The van der Waals surface area contributed by atoms with Crippen molar-refractivity contribution in [2.24, 2.45) is 0 Å². The van der Waals surface area contributed by atoms with Crippen molar-refractivity contribution in [2.45, 2.75) is 84.2 Å². The zero-order valence-electron chi connectivity index (χ0n) is 19.6. The molecule has 3 amide bonds. The summed E-state index contributed by atoms with van der Waals surface area (Å²) in [5.41, 5.74) is 0.479. The fourth-order valence-electron chi connectivity index (χ4n) is 3.34. The molecule has 2 atom stereocenters. The van der Waals surface area contributed by atoms with Gasteiger partial charge in [0.1, 0.15) is 23.4 Å². The van der Waals surface area contributed by atoms with Crippen LogP contribution >= 0.6 is 12.6 Å². The number of carbonyl (C=O) groups is 3. The number of ether oxygens (including phenoxy) is 1. The Hall–Kier alpha value is -2.42. The van der Waals surface area contributed by atoms with Crippen molar-refractivity contribution in [1.29, 1.82) is 0 Å². The van der Waals surface area contributed by atoms with Gasteiger partial charge >= 0.3 is 6.09 Å². The van der Waals surface area contributed by atoms with Gasteiger partial charge in [0.2, 0.25) is 11.8 Å². The molecule has 0 aromatic heterocycles. The van der Waals surface area contributed by atoms with Gasteiger partial charge in [0.05, 0.1) is 0 Å². The second-order valence-electron chi connectivity index (χ2n) is 9.47. The Morgan fingerprint density at radius 1 is 1.22 bits per heavy atom. The van der Waals surface area contributed by atoms with E-state index in [4.69, 9.17) is 4.74 Å². The number of aryl methyl sites for hydroxylation is 1. The maximum Gasteiger partial charge on any atom is 0.408 e. The molecule has 1 aromatic rings. The van der Waals surface area contributed by atoms with Gasteiger partial charge in [-0.2, -0.15) is 12.6 Å². The molecule has 0 bridgehead atoms. The van der Waals surface area contributed by atoms with Crippen LogP contribution in [0.5, 0.6) is 5.75 Å². The van der Waals surface area contributed by atoms with Gasteiger partial charge in [0.15, 0.2) is 0 Å². The fraction of sp³-hybridized carbons (Fsp3) is 0.609. The molecule has 9 heteroatoms. The highest BCUT2D eigenvalue weighted by Gasteiger charge is 2.44. The predicted octanol–water partition coefficient (Wildman–Crippen LogP) is 3.08. The SMILES string of the molecule is Cc1cc(C(C(=O)NC(C)C)N(C(=O)C(CS)NC(=O)OC(C)(C)C)C2CC2)ccc1O. The molecule has 1 aliphatic carbocycles. The van der Waals surface area contributed by atoms with Crippen LogP contribution in [0.2, 0.25) is 0 Å². The van der Waals surface area contributed by atoms with Crippen LogP contribution in [0.4, 0.5) is 4.79 Å². The van der Waals surface area contributed by atoms with Crippen LogP contribution in [-0.4, -0.2) is 57.4 Å². The first kappa shape index (κ1) is 25.8. The lowest BCUT2D eigenvalue weighted by Gasteiger charge is -2.35. The molecule has 2 unspecified atom stereocenters. The number of hydrogen-bond donors (Lipinski definition) is 4. The van der Waals surface area contributed by atoms with Gasteiger partial charge in [-0.25, -0.2) is 4.79 Å². The first-order valence-electron chi connectivity index (χ1n) is 10.9. The molecular formula is C23H35N3O5S. The molecule has 8 nitrogen and oxygen atoms in total. The number of nitrogens with one attached hydrogen (secondary N) is 2. The van der Waals surface area contributed by atoms with Gasteiger partial charge in [0.25, 0.3) is 0 Å². The molecule has 0 aliphatic heterocycles. The van der Waals surface area contributed by atoms with Crippen molar-refractivity contribution in [3.63, 3.8) is 0 Å². The normalized spacial score (nSPS) is 15.6. The fourth-order valence-corrected chi connectivity index (χ4v) is 3.58. The van der Waals surface area contributed by atoms with Crippen molar-refractivity contribution in [3.05, 3.63) is 29.3 Å². The van der Waals surface area contributed by atoms with Crippen LogP contribution in [0.15, 0.2) is 18.2 Å². The number of benzene rings is 1. The summed E-state index contributed by atoms with van der Waals surface area (Å²) in [7, 11) is 0. The van der Waals surface area contributed by atoms with E-state index in [1.807, 2.05) is 13.8 Å². The highest BCUT2D eigenvalue weighted by atomic mass is 32.1. The Morgan fingerprint density at radius 2 is 1.84 bits per heavy atom. The minimum atomic E-state index is -0.957. The van der Waals surface area contributed by atoms with Gasteiger partial charge in [-0.1, -0.05) is 6.07 Å². The van der Waals surface area contributed by atoms with Gasteiger partial charge in [-0.3, -0.25) is 9.59 Å². The molecule has 2 rings (SSSR count). The second-order valence-corrected chi connectivity index (χ2v) is 9.83. The van der Waals surface area contributed by atoms with Crippen molar-refractivity contribution in [1.82, 2.24) is 15.5 Å². The molecule has 1 saturated carbocycles. The standard InChI is InChI=1S/C23H35N3O5S/c1-13(2)24-20(28)19(15-7-10-18(27)14(3)11-15)26(16-8-9-16)21(29)17(12-32)25-22(30)31-23(4,5)6/h7,10-11,13,16-17,19,27,32H,8-9,12H2,1-6H3,(H,24,28)(H,25,30). The smallest absolute Gasteiger partial charge is 0.408 e. The highest BCUT2D eigenvalue weighted by Crippen LogP contribution is 2.36. The summed E-state index contributed by atoms with van der Waals surface area (Å²) in [4.78, 5) is 40.7. The summed E-state index contributed by atoms with van der Waals surface area (Å²) in [5, 5.41) is 15.4. The third-order valence-corrected chi connectivity index (χ3v) is 5.23. The monoisotopic (exact) mass is 465 g/mol. The van der Waals surface area contributed by atoms with E-state index < -0.39 is 29.7 Å². The molecule has 1 aromatic carbocycles. The van der Waals surface area contributed by atoms with E-state index in [-0.39, 0.29) is 29.5 Å². The average molecular weight is 466 g/mol. The van der Waals surface area contributed by atoms with Crippen molar-refractivity contribution in [3.8, 4) is 5.75 Å². The average Bonchev–Trinajstić information content (AvgIpc) is 3.48. The Bertz CT molecular complexity index is 849. The summed E-state index contributed by atoms with van der Waals surface area (Å²) in [5.74, 6) is -0.557. The maximum absolute atomic E-state index is 13.6. The minimum Gasteiger partial charge on any atom is -0.508 e. The molecule has 0 spiro atoms. The molecule has 0 saturated heterocycles. The van der Waals surface area contributed by atoms with Gasteiger partial charge in [-0.15, -0.1) is 0 Å². The Labute approximate surface area is 195 Å². The lowest BCUT2D eigenvalue weighted by atomic mass is 10.00. The number of alkyl carbamates (subject to hydrolysis) is 1. The molecule has 1 aliphatic rings. The van der Waals surface area contributed by atoms with Crippen LogP contribution in [0.1, 0.15) is 64.6 Å². The number of phenolic OH excluding ortho intramolecular Hbond substituents is 1. The summed E-state index contributed by atoms with van der Waals surface area (Å²) in [6, 6.07) is 2.76. The Morgan fingerprint density at radius 3 is 2.31 bits per heavy atom. The van der Waals surface area contributed by atoms with Crippen LogP contribution in [0, 0.1) is 6.92 Å². The maximum atomic E-state index is 13.6. The Balaban J connectivity index is 2.40. The number of phenols is 1. The van der Waals surface area contributed by atoms with E-state index in [1.165, 1.54) is 6.07 Å². The van der Waals surface area contributed by atoms with E-state index >= 15 is 0 Å². The Kier molecular flexibility index (Phi) is 8.45. The molecule has 32 heavy (non-hydrogen) atoms. The first-order valence-corrected chi connectivity index (χ1v) is 11.5. The van der Waals surface area contributed by atoms with Crippen molar-refractivity contribution < 1.29 is 24.2 Å². The number of rotatable bonds is 8. The number of thiol groups is 1. The van der Waals surface area contributed by atoms with Crippen LogP contribution in [-0.2, 0) is 14.3 Å². The molecule has 0 radical (unpaired) electrons. The molecular weight excluding hydrogens is 430 g/mol. The number of aromatic hydroxyl groups is 1. The zero-order chi connectivity index (χ0) is 24.2. The lowest BCUT2D eigenvalue weighted by molar-refractivity contribution is -0.143. The molecule has 178 valence electrons. The second kappa shape index (κ2) is 10.5.